The van der Waals surface area contributed by atoms with Crippen LogP contribution in [-0.2, 0) is 35.3 Å². The van der Waals surface area contributed by atoms with Crippen molar-refractivity contribution < 1.29 is 33.4 Å². The fourth-order valence-corrected chi connectivity index (χ4v) is 8.37. The highest BCUT2D eigenvalue weighted by Crippen LogP contribution is 2.79. The van der Waals surface area contributed by atoms with Crippen molar-refractivity contribution in [2.75, 3.05) is 7.11 Å². The van der Waals surface area contributed by atoms with Gasteiger partial charge in [-0.15, -0.1) is 11.6 Å². The molecule has 4 bridgehead atoms. The van der Waals surface area contributed by atoms with Crippen LogP contribution in [0.15, 0.2) is 48.6 Å². The second kappa shape index (κ2) is 6.84. The number of esters is 2. The van der Waals surface area contributed by atoms with Gasteiger partial charge in [0.25, 0.3) is 0 Å². The van der Waals surface area contributed by atoms with Gasteiger partial charge in [-0.25, -0.2) is 0 Å². The third-order valence-corrected chi connectivity index (χ3v) is 9.95. The van der Waals surface area contributed by atoms with Gasteiger partial charge in [-0.05, 0) is 49.1 Å². The van der Waals surface area contributed by atoms with Crippen molar-refractivity contribution in [2.24, 2.45) is 28.6 Å². The van der Waals surface area contributed by atoms with E-state index in [0.717, 1.165) is 5.56 Å². The van der Waals surface area contributed by atoms with Crippen LogP contribution >= 0.6 is 11.6 Å². The first-order valence-corrected chi connectivity index (χ1v) is 12.1. The second-order valence-electron chi connectivity index (χ2n) is 10.6. The number of Topliss-reactive ketones (excluding diaryl/α,β-unsaturated/α-hetero) is 1. The van der Waals surface area contributed by atoms with Gasteiger partial charge in [-0.3, -0.25) is 19.2 Å². The number of carbonyl (C=O) groups excluding carboxylic acids is 4. The third kappa shape index (κ3) is 2.42. The van der Waals surface area contributed by atoms with Crippen LogP contribution in [-0.4, -0.2) is 41.1 Å². The highest BCUT2D eigenvalue weighted by Gasteiger charge is 2.88. The Bertz CT molecular complexity index is 1250. The summed E-state index contributed by atoms with van der Waals surface area (Å²) in [6.07, 6.45) is 4.11. The Kier molecular flexibility index (Phi) is 4.41. The molecular formula is C27H25ClO7. The number of hydrogen-bond donors (Lipinski definition) is 0. The van der Waals surface area contributed by atoms with E-state index in [-0.39, 0.29) is 24.4 Å². The van der Waals surface area contributed by atoms with Crippen molar-refractivity contribution in [2.45, 2.75) is 43.3 Å². The Morgan fingerprint density at radius 1 is 1.23 bits per heavy atom. The Labute approximate surface area is 207 Å². The predicted octanol–water partition coefficient (Wildman–Crippen LogP) is 3.33. The van der Waals surface area contributed by atoms with Crippen LogP contribution in [0.25, 0.3) is 0 Å². The molecule has 8 heteroatoms. The zero-order chi connectivity index (χ0) is 25.0. The molecule has 3 saturated carbocycles. The molecule has 1 aliphatic heterocycles. The minimum absolute atomic E-state index is 0.0342. The highest BCUT2D eigenvalue weighted by atomic mass is 35.5. The number of alkyl halides is 1. The first-order valence-electron chi connectivity index (χ1n) is 11.7. The van der Waals surface area contributed by atoms with E-state index in [1.54, 1.807) is 44.4 Å². The van der Waals surface area contributed by atoms with Gasteiger partial charge >= 0.3 is 11.9 Å². The molecule has 4 fully saturated rings. The summed E-state index contributed by atoms with van der Waals surface area (Å²) in [5.41, 5.74) is -2.77. The zero-order valence-electron chi connectivity index (χ0n) is 19.5. The number of benzene rings is 1. The summed E-state index contributed by atoms with van der Waals surface area (Å²) in [5.74, 6) is -4.10. The van der Waals surface area contributed by atoms with Crippen LogP contribution in [0.3, 0.4) is 0 Å². The Morgan fingerprint density at radius 2 is 1.94 bits per heavy atom. The number of rotatable bonds is 4. The fraction of sp³-hybridized carbons (Fsp3) is 0.481. The van der Waals surface area contributed by atoms with E-state index in [2.05, 4.69) is 6.58 Å². The molecule has 0 amide bonds. The molecule has 35 heavy (non-hydrogen) atoms. The van der Waals surface area contributed by atoms with Gasteiger partial charge in [-0.2, -0.15) is 0 Å². The minimum atomic E-state index is -1.28. The fourth-order valence-electron chi connectivity index (χ4n) is 7.96. The van der Waals surface area contributed by atoms with Crippen molar-refractivity contribution in [3.63, 3.8) is 0 Å². The lowest BCUT2D eigenvalue weighted by Crippen LogP contribution is -2.52. The average molecular weight is 497 g/mol. The number of ether oxygens (including phenoxy) is 3. The van der Waals surface area contributed by atoms with Gasteiger partial charge in [0.05, 0.1) is 23.3 Å². The average Bonchev–Trinajstić information content (AvgIpc) is 3.17. The molecule has 6 rings (SSSR count). The number of methoxy groups -OCH3 is 1. The predicted molar refractivity (Wildman–Crippen MR) is 123 cm³/mol. The summed E-state index contributed by atoms with van der Waals surface area (Å²) < 4.78 is 16.9. The molecule has 4 aliphatic carbocycles. The number of hydrogen-bond acceptors (Lipinski definition) is 7. The highest BCUT2D eigenvalue weighted by molar-refractivity contribution is 6.32. The van der Waals surface area contributed by atoms with Crippen LogP contribution in [0.5, 0.6) is 5.75 Å². The summed E-state index contributed by atoms with van der Waals surface area (Å²) in [6, 6.07) is 7.07. The molecule has 0 aromatic heterocycles. The van der Waals surface area contributed by atoms with E-state index in [9.17, 15) is 19.2 Å². The number of halogens is 1. The van der Waals surface area contributed by atoms with Crippen LogP contribution in [0.1, 0.15) is 31.7 Å². The second-order valence-corrected chi connectivity index (χ2v) is 11.4. The van der Waals surface area contributed by atoms with Crippen molar-refractivity contribution in [1.29, 1.82) is 0 Å². The van der Waals surface area contributed by atoms with Gasteiger partial charge in [0.15, 0.2) is 11.6 Å². The number of allylic oxidation sites excluding steroid dienone is 2. The van der Waals surface area contributed by atoms with Gasteiger partial charge in [0.2, 0.25) is 0 Å². The summed E-state index contributed by atoms with van der Waals surface area (Å²) in [7, 11) is 1.56. The Hall–Kier alpha value is -2.93. The van der Waals surface area contributed by atoms with E-state index in [1.807, 2.05) is 0 Å². The van der Waals surface area contributed by atoms with Crippen molar-refractivity contribution in [3.05, 3.63) is 54.1 Å². The first-order chi connectivity index (χ1) is 16.5. The lowest BCUT2D eigenvalue weighted by molar-refractivity contribution is -0.165. The first kappa shape index (κ1) is 22.5. The maximum Gasteiger partial charge on any atom is 0.318 e. The zero-order valence-corrected chi connectivity index (χ0v) is 20.2. The van der Waals surface area contributed by atoms with Gasteiger partial charge < -0.3 is 14.2 Å². The van der Waals surface area contributed by atoms with E-state index in [1.165, 1.54) is 6.08 Å². The molecule has 182 valence electrons. The summed E-state index contributed by atoms with van der Waals surface area (Å²) >= 11 is 6.90. The summed E-state index contributed by atoms with van der Waals surface area (Å²) in [6.45, 7) is 5.69. The molecule has 0 N–H and O–H groups in total. The van der Waals surface area contributed by atoms with Crippen LogP contribution in [0.2, 0.25) is 0 Å². The van der Waals surface area contributed by atoms with Crippen molar-refractivity contribution in [3.8, 4) is 5.75 Å². The van der Waals surface area contributed by atoms with Gasteiger partial charge in [0, 0.05) is 16.9 Å². The topological polar surface area (TPSA) is 96.0 Å². The Balaban J connectivity index is 1.47. The molecule has 1 heterocycles. The maximum absolute atomic E-state index is 14.0. The van der Waals surface area contributed by atoms with E-state index in [0.29, 0.717) is 18.6 Å². The molecule has 1 aromatic rings. The molecule has 0 radical (unpaired) electrons. The van der Waals surface area contributed by atoms with Crippen molar-refractivity contribution in [1.82, 2.24) is 0 Å². The van der Waals surface area contributed by atoms with E-state index in [4.69, 9.17) is 25.8 Å². The quantitative estimate of drug-likeness (QED) is 0.273. The Morgan fingerprint density at radius 3 is 2.63 bits per heavy atom. The van der Waals surface area contributed by atoms with Crippen molar-refractivity contribution >= 4 is 35.1 Å². The molecule has 5 aliphatic rings. The minimum Gasteiger partial charge on any atom is -0.497 e. The smallest absolute Gasteiger partial charge is 0.318 e. The van der Waals surface area contributed by atoms with Gasteiger partial charge in [-0.1, -0.05) is 25.6 Å². The maximum atomic E-state index is 14.0. The number of carbonyl (C=O) groups is 4. The monoisotopic (exact) mass is 496 g/mol. The summed E-state index contributed by atoms with van der Waals surface area (Å²) in [5, 5.41) is 0. The van der Waals surface area contributed by atoms with Gasteiger partial charge in [0.1, 0.15) is 23.9 Å². The summed E-state index contributed by atoms with van der Waals surface area (Å²) in [4.78, 5) is 52.9. The molecule has 1 aromatic carbocycles. The molecule has 7 nitrogen and oxygen atoms in total. The molecule has 7 atom stereocenters. The van der Waals surface area contributed by atoms with Crippen LogP contribution < -0.4 is 4.74 Å². The SMILES string of the molecule is C=C1C(=O)[C@]23C[C@@]1(Cl)CC[C@H]2[C@@]12C=CC(=O)[C@@H](C(=O)O1)[C@@]2(C)[C@@H]3C(=O)OCc1ccc(OC)cc1. The molecular weight excluding hydrogens is 472 g/mol. The normalized spacial score (nSPS) is 42.5. The number of ketones is 2. The molecule has 1 saturated heterocycles. The lowest BCUT2D eigenvalue weighted by Gasteiger charge is -2.43. The number of fused-ring (bicyclic) bond motifs is 1. The largest absolute Gasteiger partial charge is 0.497 e. The molecule has 0 unspecified atom stereocenters. The van der Waals surface area contributed by atoms with E-state index < -0.39 is 56.8 Å². The van der Waals surface area contributed by atoms with Crippen LogP contribution in [0.4, 0.5) is 0 Å². The molecule has 1 spiro atoms. The third-order valence-electron chi connectivity index (χ3n) is 9.40. The van der Waals surface area contributed by atoms with E-state index >= 15 is 0 Å². The van der Waals surface area contributed by atoms with Crippen LogP contribution in [0, 0.1) is 28.6 Å². The standard InChI is InChI=1S/C27H25ClO7/c1-14-21(30)26-13-25(14,28)10-9-18(26)27-11-8-17(29)19(22(31)35-27)24(27,2)20(26)23(32)34-12-15-4-6-16(33-3)7-5-15/h4-8,11,18-20H,1,9-10,12-13H2,2-3H3/t18-,19+,20+,24+,25+,26-,27-/m1/s1. The lowest BCUT2D eigenvalue weighted by atomic mass is 9.58.